The maximum absolute atomic E-state index is 13.1. The Kier molecular flexibility index (Phi) is 7.23. The summed E-state index contributed by atoms with van der Waals surface area (Å²) < 4.78 is 4.97. The topological polar surface area (TPSA) is 184 Å². The Morgan fingerprint density at radius 2 is 1.94 bits per heavy atom. The third kappa shape index (κ3) is 5.32. The molecule has 0 saturated carbocycles. The lowest BCUT2D eigenvalue weighted by Crippen LogP contribution is -2.44. The molecule has 184 valence electrons. The number of ether oxygens (including phenoxy) is 1. The van der Waals surface area contributed by atoms with Crippen LogP contribution >= 0.6 is 0 Å². The molecule has 12 heteroatoms. The van der Waals surface area contributed by atoms with Crippen molar-refractivity contribution in [2.75, 3.05) is 13.7 Å². The molecule has 35 heavy (non-hydrogen) atoms. The van der Waals surface area contributed by atoms with Gasteiger partial charge in [-0.25, -0.2) is 4.79 Å². The summed E-state index contributed by atoms with van der Waals surface area (Å²) in [5, 5.41) is 27.8. The fourth-order valence-corrected chi connectivity index (χ4v) is 3.76. The van der Waals surface area contributed by atoms with Gasteiger partial charge in [0.15, 0.2) is 11.5 Å². The number of carbonyl (C=O) groups excluding carboxylic acids is 3. The number of nitrogens with two attached hydrogens (primary N) is 1. The number of phenolic OH excluding ortho intramolecular Hbond substituents is 1. The monoisotopic (exact) mass is 483 g/mol. The molecule has 1 aliphatic rings. The van der Waals surface area contributed by atoms with Gasteiger partial charge in [0.05, 0.1) is 25.8 Å². The number of amides is 4. The number of methoxy groups -OCH3 is 1. The number of urea groups is 1. The number of hydrogen-bond donors (Lipinski definition) is 5. The zero-order valence-electron chi connectivity index (χ0n) is 19.0. The summed E-state index contributed by atoms with van der Waals surface area (Å²) in [5.41, 5.74) is 0.0901. The standard InChI is InChI=1S/C23H25N5O7/c1-23(15-6-3-13(4-7-15)11-25-24)21(33)28(22(34)27-23)12-19(30)26-16(10-20(31)32)14-5-8-18(35-2)17(29)9-14/h3-9,11,16,29H,10,12,24H2,1-2H3,(H,26,30)(H,27,34)(H,31,32). The molecule has 2 aromatic carbocycles. The molecule has 6 N–H and O–H groups in total. The second-order valence-corrected chi connectivity index (χ2v) is 8.00. The van der Waals surface area contributed by atoms with Crippen LogP contribution < -0.4 is 21.2 Å². The highest BCUT2D eigenvalue weighted by Crippen LogP contribution is 2.31. The molecule has 0 aromatic heterocycles. The molecule has 0 aliphatic carbocycles. The van der Waals surface area contributed by atoms with E-state index in [1.807, 2.05) is 0 Å². The fourth-order valence-electron chi connectivity index (χ4n) is 3.76. The number of hydrogen-bond acceptors (Lipinski definition) is 8. The second kappa shape index (κ2) is 10.1. The summed E-state index contributed by atoms with van der Waals surface area (Å²) in [7, 11) is 1.36. The summed E-state index contributed by atoms with van der Waals surface area (Å²) in [6.07, 6.45) is 0.932. The van der Waals surface area contributed by atoms with E-state index in [1.54, 1.807) is 24.3 Å². The molecule has 4 amide bonds. The zero-order chi connectivity index (χ0) is 25.8. The second-order valence-electron chi connectivity index (χ2n) is 8.00. The first-order valence-corrected chi connectivity index (χ1v) is 10.4. The van der Waals surface area contributed by atoms with Crippen LogP contribution in [0, 0.1) is 0 Å². The third-order valence-electron chi connectivity index (χ3n) is 5.61. The van der Waals surface area contributed by atoms with Crippen LogP contribution in [0.25, 0.3) is 0 Å². The summed E-state index contributed by atoms with van der Waals surface area (Å²) in [4.78, 5) is 50.5. The zero-order valence-corrected chi connectivity index (χ0v) is 19.0. The third-order valence-corrected chi connectivity index (χ3v) is 5.61. The Hall–Kier alpha value is -4.61. The quantitative estimate of drug-likeness (QED) is 0.150. The van der Waals surface area contributed by atoms with Gasteiger partial charge in [-0.1, -0.05) is 30.3 Å². The predicted molar refractivity (Wildman–Crippen MR) is 124 cm³/mol. The van der Waals surface area contributed by atoms with E-state index < -0.39 is 48.4 Å². The Balaban J connectivity index is 1.76. The minimum atomic E-state index is -1.40. The fraction of sp³-hybridized carbons (Fsp3) is 0.261. The minimum absolute atomic E-state index is 0.177. The lowest BCUT2D eigenvalue weighted by atomic mass is 9.91. The van der Waals surface area contributed by atoms with Crippen LogP contribution in [0.1, 0.15) is 36.1 Å². The average molecular weight is 483 g/mol. The van der Waals surface area contributed by atoms with Gasteiger partial charge in [-0.3, -0.25) is 19.3 Å². The Bertz CT molecular complexity index is 1180. The van der Waals surface area contributed by atoms with E-state index in [2.05, 4.69) is 15.7 Å². The lowest BCUT2D eigenvalue weighted by Gasteiger charge is -2.23. The highest BCUT2D eigenvalue weighted by molar-refractivity contribution is 6.09. The molecule has 0 radical (unpaired) electrons. The first kappa shape index (κ1) is 25.0. The number of phenols is 1. The molecule has 0 spiro atoms. The minimum Gasteiger partial charge on any atom is -0.504 e. The van der Waals surface area contributed by atoms with Crippen molar-refractivity contribution in [1.82, 2.24) is 15.5 Å². The van der Waals surface area contributed by atoms with Gasteiger partial charge >= 0.3 is 12.0 Å². The highest BCUT2D eigenvalue weighted by Gasteiger charge is 2.49. The van der Waals surface area contributed by atoms with Gasteiger partial charge in [-0.2, -0.15) is 5.10 Å². The number of benzene rings is 2. The summed E-state index contributed by atoms with van der Waals surface area (Å²) in [5.74, 6) is 2.48. The molecule has 1 heterocycles. The molecule has 12 nitrogen and oxygen atoms in total. The average Bonchev–Trinajstić information content (AvgIpc) is 3.02. The molecule has 2 aromatic rings. The summed E-state index contributed by atoms with van der Waals surface area (Å²) in [6.45, 7) is 0.890. The SMILES string of the molecule is COc1ccc(C(CC(=O)O)NC(=O)CN2C(=O)NC(C)(c3ccc(C=NN)cc3)C2=O)cc1O. The smallest absolute Gasteiger partial charge is 0.325 e. The van der Waals surface area contributed by atoms with Crippen LogP contribution in [0.5, 0.6) is 11.5 Å². The van der Waals surface area contributed by atoms with E-state index in [0.717, 1.165) is 4.90 Å². The van der Waals surface area contributed by atoms with Crippen molar-refractivity contribution >= 4 is 30.0 Å². The number of carbonyl (C=O) groups is 4. The first-order valence-electron chi connectivity index (χ1n) is 10.4. The number of imide groups is 1. The molecule has 0 bridgehead atoms. The van der Waals surface area contributed by atoms with E-state index in [4.69, 9.17) is 10.6 Å². The van der Waals surface area contributed by atoms with Crippen molar-refractivity contribution < 1.29 is 34.1 Å². The molecule has 1 fully saturated rings. The Labute approximate surface area is 200 Å². The van der Waals surface area contributed by atoms with Gasteiger partial charge in [0.1, 0.15) is 12.1 Å². The molecular formula is C23H25N5O7. The van der Waals surface area contributed by atoms with Crippen LogP contribution in [0.15, 0.2) is 47.6 Å². The van der Waals surface area contributed by atoms with Crippen molar-refractivity contribution in [3.8, 4) is 11.5 Å². The number of nitrogens with one attached hydrogen (secondary N) is 2. The van der Waals surface area contributed by atoms with E-state index in [1.165, 1.54) is 38.4 Å². The maximum Gasteiger partial charge on any atom is 0.325 e. The Morgan fingerprint density at radius 3 is 2.51 bits per heavy atom. The van der Waals surface area contributed by atoms with Crippen molar-refractivity contribution in [1.29, 1.82) is 0 Å². The predicted octanol–water partition coefficient (Wildman–Crippen LogP) is 0.793. The molecule has 3 rings (SSSR count). The van der Waals surface area contributed by atoms with Crippen LogP contribution in [0.2, 0.25) is 0 Å². The van der Waals surface area contributed by atoms with Crippen LogP contribution in [-0.2, 0) is 19.9 Å². The van der Waals surface area contributed by atoms with Crippen molar-refractivity contribution in [2.24, 2.45) is 10.9 Å². The van der Waals surface area contributed by atoms with Crippen molar-refractivity contribution in [2.45, 2.75) is 24.9 Å². The van der Waals surface area contributed by atoms with E-state index in [9.17, 15) is 29.4 Å². The van der Waals surface area contributed by atoms with Crippen LogP contribution in [0.3, 0.4) is 0 Å². The van der Waals surface area contributed by atoms with Gasteiger partial charge < -0.3 is 31.4 Å². The van der Waals surface area contributed by atoms with Crippen LogP contribution in [0.4, 0.5) is 4.79 Å². The lowest BCUT2D eigenvalue weighted by molar-refractivity contribution is -0.138. The molecule has 2 unspecified atom stereocenters. The van der Waals surface area contributed by atoms with Crippen LogP contribution in [-0.4, -0.2) is 58.8 Å². The number of carboxylic acid groups (broad SMARTS) is 1. The van der Waals surface area contributed by atoms with Gasteiger partial charge in [0.25, 0.3) is 5.91 Å². The molecule has 2 atom stereocenters. The molecule has 1 saturated heterocycles. The van der Waals surface area contributed by atoms with Gasteiger partial charge in [0, 0.05) is 0 Å². The molecule has 1 aliphatic heterocycles. The van der Waals surface area contributed by atoms with Crippen molar-refractivity contribution in [3.63, 3.8) is 0 Å². The molecular weight excluding hydrogens is 458 g/mol. The number of hydrazone groups is 1. The van der Waals surface area contributed by atoms with Gasteiger partial charge in [-0.15, -0.1) is 0 Å². The number of aromatic hydroxyl groups is 1. The van der Waals surface area contributed by atoms with Gasteiger partial charge in [0.2, 0.25) is 5.91 Å². The highest BCUT2D eigenvalue weighted by atomic mass is 16.5. The van der Waals surface area contributed by atoms with E-state index in [-0.39, 0.29) is 11.5 Å². The number of carboxylic acids is 1. The van der Waals surface area contributed by atoms with Gasteiger partial charge in [-0.05, 0) is 35.7 Å². The first-order chi connectivity index (χ1) is 16.6. The number of rotatable bonds is 9. The summed E-state index contributed by atoms with van der Waals surface area (Å²) >= 11 is 0. The van der Waals surface area contributed by atoms with E-state index in [0.29, 0.717) is 16.7 Å². The maximum atomic E-state index is 13.1. The Morgan fingerprint density at radius 1 is 1.26 bits per heavy atom. The van der Waals surface area contributed by atoms with E-state index >= 15 is 0 Å². The normalized spacial score (nSPS) is 18.4. The largest absolute Gasteiger partial charge is 0.504 e. The number of nitrogens with zero attached hydrogens (tertiary/aromatic N) is 2. The van der Waals surface area contributed by atoms with Crippen molar-refractivity contribution in [3.05, 3.63) is 59.2 Å². The number of aliphatic carboxylic acids is 1. The summed E-state index contributed by atoms with van der Waals surface area (Å²) in [6, 6.07) is 9.03.